The predicted molar refractivity (Wildman–Crippen MR) is 142 cm³/mol. The van der Waals surface area contributed by atoms with Gasteiger partial charge in [-0.3, -0.25) is 28.8 Å². The highest BCUT2D eigenvalue weighted by Gasteiger charge is 2.51. The Hall–Kier alpha value is -3.26. The van der Waals surface area contributed by atoms with E-state index in [9.17, 15) is 28.8 Å². The van der Waals surface area contributed by atoms with E-state index in [2.05, 4.69) is 10.6 Å². The summed E-state index contributed by atoms with van der Waals surface area (Å²) < 4.78 is 32.8. The maximum atomic E-state index is 12.1. The minimum atomic E-state index is -1.20. The normalized spacial score (nSPS) is 22.2. The van der Waals surface area contributed by atoms with Crippen LogP contribution in [-0.4, -0.2) is 91.7 Å². The number of hydrogen-bond acceptors (Lipinski definition) is 12. The lowest BCUT2D eigenvalue weighted by atomic mass is 9.96. The molecule has 41 heavy (non-hydrogen) atoms. The maximum absolute atomic E-state index is 12.1. The first-order chi connectivity index (χ1) is 19.1. The first-order valence-corrected chi connectivity index (χ1v) is 13.6. The second kappa shape index (κ2) is 17.5. The van der Waals surface area contributed by atoms with Gasteiger partial charge in [0.15, 0.2) is 18.5 Å². The van der Waals surface area contributed by atoms with Gasteiger partial charge in [-0.1, -0.05) is 0 Å². The summed E-state index contributed by atoms with van der Waals surface area (Å²) in [6.45, 7) is 10.2. The van der Waals surface area contributed by atoms with Gasteiger partial charge in [-0.15, -0.1) is 0 Å². The Bertz CT molecular complexity index is 916. The second-order valence-electron chi connectivity index (χ2n) is 10.6. The number of esters is 4. The number of amides is 2. The molecule has 14 heteroatoms. The van der Waals surface area contributed by atoms with Gasteiger partial charge in [0.25, 0.3) is 0 Å². The van der Waals surface area contributed by atoms with Crippen LogP contribution in [0.1, 0.15) is 80.6 Å². The van der Waals surface area contributed by atoms with Gasteiger partial charge >= 0.3 is 23.9 Å². The molecule has 0 aliphatic carbocycles. The molecule has 0 saturated carbocycles. The third-order valence-electron chi connectivity index (χ3n) is 5.45. The van der Waals surface area contributed by atoms with Crippen LogP contribution >= 0.6 is 0 Å². The number of unbranched alkanes of at least 4 members (excludes halogenated alkanes) is 1. The summed E-state index contributed by atoms with van der Waals surface area (Å²) in [7, 11) is 0. The van der Waals surface area contributed by atoms with E-state index in [0.29, 0.717) is 25.8 Å². The van der Waals surface area contributed by atoms with Crippen LogP contribution in [0.4, 0.5) is 0 Å². The molecule has 3 unspecified atom stereocenters. The monoisotopic (exact) mass is 588 g/mol. The number of ether oxygens (including phenoxy) is 6. The molecule has 234 valence electrons. The molecular weight excluding hydrogens is 544 g/mol. The van der Waals surface area contributed by atoms with Gasteiger partial charge < -0.3 is 39.1 Å². The van der Waals surface area contributed by atoms with E-state index in [4.69, 9.17) is 28.4 Å². The van der Waals surface area contributed by atoms with Crippen LogP contribution in [0.25, 0.3) is 0 Å². The van der Waals surface area contributed by atoms with Gasteiger partial charge in [0, 0.05) is 53.7 Å². The SMILES string of the molecule is CC(=O)NC1C(OC(C)=O)[C@@H](OC(C)=O)C(COC(C)=O)O[C@H]1OCCCCC(=O)NCCCC(=O)OC(C)(C)C. The highest BCUT2D eigenvalue weighted by atomic mass is 16.7. The molecule has 2 N–H and O–H groups in total. The fourth-order valence-electron chi connectivity index (χ4n) is 3.96. The molecule has 0 bridgehead atoms. The predicted octanol–water partition coefficient (Wildman–Crippen LogP) is 1.07. The molecule has 14 nitrogen and oxygen atoms in total. The van der Waals surface area contributed by atoms with Crippen LogP contribution in [0, 0.1) is 0 Å². The van der Waals surface area contributed by atoms with Gasteiger partial charge in [0.2, 0.25) is 11.8 Å². The minimum absolute atomic E-state index is 0.109. The summed E-state index contributed by atoms with van der Waals surface area (Å²) in [6.07, 6.45) is -2.83. The van der Waals surface area contributed by atoms with E-state index in [1.54, 1.807) is 20.8 Å². The van der Waals surface area contributed by atoms with Crippen molar-refractivity contribution in [1.82, 2.24) is 10.6 Å². The molecule has 1 aliphatic rings. The van der Waals surface area contributed by atoms with E-state index >= 15 is 0 Å². The highest BCUT2D eigenvalue weighted by Crippen LogP contribution is 2.28. The van der Waals surface area contributed by atoms with E-state index in [0.717, 1.165) is 13.8 Å². The molecule has 0 aromatic carbocycles. The zero-order valence-corrected chi connectivity index (χ0v) is 24.9. The second-order valence-corrected chi connectivity index (χ2v) is 10.6. The van der Waals surface area contributed by atoms with Crippen molar-refractivity contribution in [3.05, 3.63) is 0 Å². The average molecular weight is 589 g/mol. The molecule has 0 aromatic rings. The quantitative estimate of drug-likeness (QED) is 0.158. The smallest absolute Gasteiger partial charge is 0.306 e. The Morgan fingerprint density at radius 3 is 2.00 bits per heavy atom. The van der Waals surface area contributed by atoms with Gasteiger partial charge in [-0.2, -0.15) is 0 Å². The topological polar surface area (TPSA) is 182 Å². The van der Waals surface area contributed by atoms with Crippen LogP contribution < -0.4 is 10.6 Å². The Labute approximate surface area is 240 Å². The molecule has 1 aliphatic heterocycles. The van der Waals surface area contributed by atoms with Crippen LogP contribution in [0.5, 0.6) is 0 Å². The van der Waals surface area contributed by atoms with E-state index in [-0.39, 0.29) is 37.9 Å². The molecule has 0 radical (unpaired) electrons. The van der Waals surface area contributed by atoms with Crippen LogP contribution in [0.2, 0.25) is 0 Å². The third kappa shape index (κ3) is 15.4. The van der Waals surface area contributed by atoms with Crippen molar-refractivity contribution >= 4 is 35.7 Å². The van der Waals surface area contributed by atoms with Crippen LogP contribution in [0.15, 0.2) is 0 Å². The lowest BCUT2D eigenvalue weighted by Crippen LogP contribution is -2.66. The standard InChI is InChI=1S/C27H44N2O12/c1-16(30)29-23-25(39-19(4)33)24(38-18(3)32)20(15-37-17(2)31)40-26(23)36-14-9-8-11-21(34)28-13-10-12-22(35)41-27(5,6)7/h20,23-26H,8-15H2,1-7H3,(H,28,34)(H,29,30)/t20?,23?,24-,25?,26+/m0/s1. The largest absolute Gasteiger partial charge is 0.463 e. The molecule has 0 aromatic heterocycles. The van der Waals surface area contributed by atoms with Crippen LogP contribution in [0.3, 0.4) is 0 Å². The molecule has 1 rings (SSSR count). The Balaban J connectivity index is 2.71. The van der Waals surface area contributed by atoms with Gasteiger partial charge in [0.05, 0.1) is 0 Å². The van der Waals surface area contributed by atoms with Crippen molar-refractivity contribution in [2.24, 2.45) is 0 Å². The molecule has 5 atom stereocenters. The summed E-state index contributed by atoms with van der Waals surface area (Å²) in [5, 5.41) is 5.37. The Kier molecular flexibility index (Phi) is 15.3. The van der Waals surface area contributed by atoms with Crippen molar-refractivity contribution < 1.29 is 57.2 Å². The number of rotatable bonds is 15. The summed E-state index contributed by atoms with van der Waals surface area (Å²) in [5.74, 6) is -2.99. The lowest BCUT2D eigenvalue weighted by molar-refractivity contribution is -0.277. The zero-order chi connectivity index (χ0) is 31.2. The third-order valence-corrected chi connectivity index (χ3v) is 5.45. The van der Waals surface area contributed by atoms with Gasteiger partial charge in [0.1, 0.15) is 24.4 Å². The van der Waals surface area contributed by atoms with Crippen molar-refractivity contribution in [1.29, 1.82) is 0 Å². The lowest BCUT2D eigenvalue weighted by Gasteiger charge is -2.44. The fourth-order valence-corrected chi connectivity index (χ4v) is 3.96. The fraction of sp³-hybridized carbons (Fsp3) is 0.778. The van der Waals surface area contributed by atoms with Crippen LogP contribution in [-0.2, 0) is 57.2 Å². The number of nitrogens with one attached hydrogen (secondary N) is 2. The first kappa shape index (κ1) is 35.8. The average Bonchev–Trinajstić information content (AvgIpc) is 2.81. The summed E-state index contributed by atoms with van der Waals surface area (Å²) >= 11 is 0. The highest BCUT2D eigenvalue weighted by molar-refractivity contribution is 5.76. The molecule has 2 amide bonds. The van der Waals surface area contributed by atoms with E-state index < -0.39 is 60.1 Å². The van der Waals surface area contributed by atoms with Gasteiger partial charge in [-0.05, 0) is 40.0 Å². The molecule has 0 spiro atoms. The first-order valence-electron chi connectivity index (χ1n) is 13.6. The minimum Gasteiger partial charge on any atom is -0.463 e. The van der Waals surface area contributed by atoms with Crippen molar-refractivity contribution in [2.75, 3.05) is 19.8 Å². The number of hydrogen-bond donors (Lipinski definition) is 2. The van der Waals surface area contributed by atoms with Crippen molar-refractivity contribution in [3.8, 4) is 0 Å². The summed E-state index contributed by atoms with van der Waals surface area (Å²) in [6, 6.07) is -1.05. The molecule has 1 heterocycles. The zero-order valence-electron chi connectivity index (χ0n) is 24.9. The van der Waals surface area contributed by atoms with Crippen molar-refractivity contribution in [3.63, 3.8) is 0 Å². The summed E-state index contributed by atoms with van der Waals surface area (Å²) in [5.41, 5.74) is -0.554. The number of carbonyl (C=O) groups excluding carboxylic acids is 6. The Morgan fingerprint density at radius 1 is 0.805 bits per heavy atom. The summed E-state index contributed by atoms with van der Waals surface area (Å²) in [4.78, 5) is 70.9. The molecule has 1 saturated heterocycles. The van der Waals surface area contributed by atoms with E-state index in [1.165, 1.54) is 13.8 Å². The Morgan fingerprint density at radius 2 is 1.44 bits per heavy atom. The maximum Gasteiger partial charge on any atom is 0.306 e. The molecular formula is C27H44N2O12. The number of carbonyl (C=O) groups is 6. The van der Waals surface area contributed by atoms with Crippen molar-refractivity contribution in [2.45, 2.75) is 117 Å². The van der Waals surface area contributed by atoms with Gasteiger partial charge in [-0.25, -0.2) is 0 Å². The molecule has 1 fully saturated rings. The van der Waals surface area contributed by atoms with E-state index in [1.807, 2.05) is 0 Å².